The molecule has 0 heterocycles. The van der Waals surface area contributed by atoms with E-state index in [0.717, 1.165) is 23.5 Å². The van der Waals surface area contributed by atoms with E-state index in [9.17, 15) is 0 Å². The summed E-state index contributed by atoms with van der Waals surface area (Å²) in [7, 11) is 3.26. The van der Waals surface area contributed by atoms with Gasteiger partial charge in [-0.25, -0.2) is 0 Å². The van der Waals surface area contributed by atoms with Crippen LogP contribution in [0.15, 0.2) is 18.2 Å². The highest BCUT2D eigenvalue weighted by Gasteiger charge is 2.05. The normalized spacial score (nSPS) is 12.2. The molecule has 1 unspecified atom stereocenters. The molecule has 0 radical (unpaired) electrons. The molecule has 1 rings (SSSR count). The third-order valence-corrected chi connectivity index (χ3v) is 2.59. The van der Waals surface area contributed by atoms with Gasteiger partial charge in [0.1, 0.15) is 0 Å². The Morgan fingerprint density at radius 3 is 2.39 bits per heavy atom. The Balaban J connectivity index is 2.47. The zero-order chi connectivity index (χ0) is 13.4. The van der Waals surface area contributed by atoms with Gasteiger partial charge in [0.05, 0.1) is 20.8 Å². The molecule has 1 atom stereocenters. The number of methoxy groups -OCH3 is 2. The van der Waals surface area contributed by atoms with Crippen molar-refractivity contribution < 1.29 is 18.9 Å². The highest BCUT2D eigenvalue weighted by atomic mass is 16.7. The Labute approximate surface area is 109 Å². The van der Waals surface area contributed by atoms with Crippen molar-refractivity contribution in [2.75, 3.05) is 27.4 Å². The average Bonchev–Trinajstić information content (AvgIpc) is 2.38. The van der Waals surface area contributed by atoms with Gasteiger partial charge in [0.25, 0.3) is 0 Å². The van der Waals surface area contributed by atoms with Crippen LogP contribution in [0.3, 0.4) is 0 Å². The van der Waals surface area contributed by atoms with Crippen LogP contribution in [0.2, 0.25) is 0 Å². The fourth-order valence-electron chi connectivity index (χ4n) is 1.66. The van der Waals surface area contributed by atoms with Gasteiger partial charge in [-0.05, 0) is 38.0 Å². The zero-order valence-electron chi connectivity index (χ0n) is 11.6. The summed E-state index contributed by atoms with van der Waals surface area (Å²) in [6, 6.07) is 5.88. The summed E-state index contributed by atoms with van der Waals surface area (Å²) >= 11 is 0. The molecule has 4 heteroatoms. The predicted molar refractivity (Wildman–Crippen MR) is 70.3 cm³/mol. The van der Waals surface area contributed by atoms with Gasteiger partial charge in [-0.15, -0.1) is 0 Å². The van der Waals surface area contributed by atoms with Crippen molar-refractivity contribution in [3.05, 3.63) is 23.8 Å². The monoisotopic (exact) mass is 254 g/mol. The quantitative estimate of drug-likeness (QED) is 0.668. The lowest BCUT2D eigenvalue weighted by molar-refractivity contribution is -0.126. The SMILES string of the molecule is CCOC(C)OCCc1ccc(OC)c(OC)c1. The van der Waals surface area contributed by atoms with Crippen molar-refractivity contribution in [3.8, 4) is 11.5 Å². The first kappa shape index (κ1) is 14.8. The van der Waals surface area contributed by atoms with Crippen molar-refractivity contribution in [1.82, 2.24) is 0 Å². The van der Waals surface area contributed by atoms with E-state index in [2.05, 4.69) is 0 Å². The average molecular weight is 254 g/mol. The minimum absolute atomic E-state index is 0.157. The van der Waals surface area contributed by atoms with Crippen molar-refractivity contribution in [3.63, 3.8) is 0 Å². The van der Waals surface area contributed by atoms with Crippen LogP contribution in [0.5, 0.6) is 11.5 Å². The molecule has 0 saturated carbocycles. The van der Waals surface area contributed by atoms with E-state index in [-0.39, 0.29) is 6.29 Å². The van der Waals surface area contributed by atoms with E-state index in [1.807, 2.05) is 32.0 Å². The van der Waals surface area contributed by atoms with Gasteiger partial charge in [0.15, 0.2) is 17.8 Å². The molecule has 102 valence electrons. The summed E-state index contributed by atoms with van der Waals surface area (Å²) in [6.07, 6.45) is 0.660. The standard InChI is InChI=1S/C14H22O4/c1-5-17-11(2)18-9-8-12-6-7-13(15-3)14(10-12)16-4/h6-7,10-11H,5,8-9H2,1-4H3. The maximum atomic E-state index is 5.52. The summed E-state index contributed by atoms with van der Waals surface area (Å²) in [5.41, 5.74) is 1.15. The smallest absolute Gasteiger partial charge is 0.160 e. The lowest BCUT2D eigenvalue weighted by Gasteiger charge is -2.13. The number of benzene rings is 1. The van der Waals surface area contributed by atoms with Gasteiger partial charge < -0.3 is 18.9 Å². The van der Waals surface area contributed by atoms with E-state index in [4.69, 9.17) is 18.9 Å². The summed E-state index contributed by atoms with van der Waals surface area (Å²) in [4.78, 5) is 0. The number of ether oxygens (including phenoxy) is 4. The highest BCUT2D eigenvalue weighted by molar-refractivity contribution is 5.42. The summed E-state index contributed by atoms with van der Waals surface area (Å²) in [6.45, 7) is 5.14. The zero-order valence-corrected chi connectivity index (χ0v) is 11.6. The largest absolute Gasteiger partial charge is 0.493 e. The number of hydrogen-bond donors (Lipinski definition) is 0. The van der Waals surface area contributed by atoms with Gasteiger partial charge in [-0.2, -0.15) is 0 Å². The number of rotatable bonds is 8. The molecule has 0 saturated heterocycles. The Bertz CT molecular complexity index is 352. The van der Waals surface area contributed by atoms with Crippen molar-refractivity contribution in [2.45, 2.75) is 26.6 Å². The maximum absolute atomic E-state index is 5.52. The van der Waals surface area contributed by atoms with Crippen LogP contribution in [0.25, 0.3) is 0 Å². The molecule has 0 aromatic heterocycles. The number of hydrogen-bond acceptors (Lipinski definition) is 4. The lowest BCUT2D eigenvalue weighted by atomic mass is 10.1. The molecular formula is C14H22O4. The minimum atomic E-state index is -0.157. The Kier molecular flexibility index (Phi) is 6.54. The van der Waals surface area contributed by atoms with Crippen molar-refractivity contribution in [1.29, 1.82) is 0 Å². The summed E-state index contributed by atoms with van der Waals surface area (Å²) < 4.78 is 21.3. The summed E-state index contributed by atoms with van der Waals surface area (Å²) in [5.74, 6) is 1.48. The van der Waals surface area contributed by atoms with Gasteiger partial charge >= 0.3 is 0 Å². The van der Waals surface area contributed by atoms with Crippen LogP contribution in [0.1, 0.15) is 19.4 Å². The third kappa shape index (κ3) is 4.55. The molecule has 0 aliphatic heterocycles. The Morgan fingerprint density at radius 1 is 1.06 bits per heavy atom. The van der Waals surface area contributed by atoms with Crippen LogP contribution in [0, 0.1) is 0 Å². The lowest BCUT2D eigenvalue weighted by Crippen LogP contribution is -2.14. The van der Waals surface area contributed by atoms with Crippen LogP contribution in [-0.2, 0) is 15.9 Å². The van der Waals surface area contributed by atoms with Crippen LogP contribution >= 0.6 is 0 Å². The van der Waals surface area contributed by atoms with Gasteiger partial charge in [0.2, 0.25) is 0 Å². The van der Waals surface area contributed by atoms with Gasteiger partial charge in [-0.3, -0.25) is 0 Å². The third-order valence-electron chi connectivity index (χ3n) is 2.59. The molecule has 0 fully saturated rings. The van der Waals surface area contributed by atoms with E-state index < -0.39 is 0 Å². The molecule has 0 aliphatic carbocycles. The highest BCUT2D eigenvalue weighted by Crippen LogP contribution is 2.27. The molecule has 0 aliphatic rings. The summed E-state index contributed by atoms with van der Waals surface area (Å²) in [5, 5.41) is 0. The fraction of sp³-hybridized carbons (Fsp3) is 0.571. The molecule has 1 aromatic carbocycles. The second kappa shape index (κ2) is 7.95. The van der Waals surface area contributed by atoms with Crippen LogP contribution in [0.4, 0.5) is 0 Å². The fourth-order valence-corrected chi connectivity index (χ4v) is 1.66. The van der Waals surface area contributed by atoms with E-state index in [1.54, 1.807) is 14.2 Å². The molecule has 0 bridgehead atoms. The topological polar surface area (TPSA) is 36.9 Å². The van der Waals surface area contributed by atoms with Crippen molar-refractivity contribution in [2.24, 2.45) is 0 Å². The molecule has 4 nitrogen and oxygen atoms in total. The van der Waals surface area contributed by atoms with E-state index in [1.165, 1.54) is 0 Å². The molecule has 0 N–H and O–H groups in total. The molecule has 0 amide bonds. The van der Waals surface area contributed by atoms with Crippen molar-refractivity contribution >= 4 is 0 Å². The second-order valence-corrected chi connectivity index (χ2v) is 3.83. The maximum Gasteiger partial charge on any atom is 0.160 e. The van der Waals surface area contributed by atoms with Gasteiger partial charge in [-0.1, -0.05) is 6.07 Å². The first-order chi connectivity index (χ1) is 8.71. The van der Waals surface area contributed by atoms with E-state index >= 15 is 0 Å². The van der Waals surface area contributed by atoms with E-state index in [0.29, 0.717) is 13.2 Å². The molecule has 18 heavy (non-hydrogen) atoms. The van der Waals surface area contributed by atoms with Crippen LogP contribution < -0.4 is 9.47 Å². The Hall–Kier alpha value is -1.26. The van der Waals surface area contributed by atoms with Crippen LogP contribution in [-0.4, -0.2) is 33.7 Å². The predicted octanol–water partition coefficient (Wildman–Crippen LogP) is 2.65. The van der Waals surface area contributed by atoms with Gasteiger partial charge in [0, 0.05) is 6.61 Å². The minimum Gasteiger partial charge on any atom is -0.493 e. The molecular weight excluding hydrogens is 232 g/mol. The molecule has 1 aromatic rings. The first-order valence-corrected chi connectivity index (χ1v) is 6.15. The Morgan fingerprint density at radius 2 is 1.78 bits per heavy atom. The first-order valence-electron chi connectivity index (χ1n) is 6.15. The molecule has 0 spiro atoms. The second-order valence-electron chi connectivity index (χ2n) is 3.83.